The number of rotatable bonds is 6. The van der Waals surface area contributed by atoms with E-state index in [2.05, 4.69) is 41.5 Å². The largest absolute Gasteiger partial charge is 0.481 e. The van der Waals surface area contributed by atoms with Crippen molar-refractivity contribution in [3.63, 3.8) is 0 Å². The highest BCUT2D eigenvalue weighted by Gasteiger charge is 2.72. The first kappa shape index (κ1) is 41.2. The van der Waals surface area contributed by atoms with Crippen LogP contribution in [-0.2, 0) is 23.7 Å². The number of ether oxygens (including phenoxy) is 4. The van der Waals surface area contributed by atoms with Crippen molar-refractivity contribution in [1.82, 2.24) is 0 Å². The number of hydrogen-bond donors (Lipinski definition) is 8. The van der Waals surface area contributed by atoms with Gasteiger partial charge in [-0.2, -0.15) is 0 Å². The third-order valence-electron chi connectivity index (χ3n) is 17.9. The Labute approximate surface area is 319 Å². The summed E-state index contributed by atoms with van der Waals surface area (Å²) in [5.74, 6) is 0.0208. The highest BCUT2D eigenvalue weighted by Crippen LogP contribution is 2.77. The molecule has 0 bridgehead atoms. The minimum atomic E-state index is -1.70. The molecule has 8 N–H and O–H groups in total. The molecule has 5 saturated carbocycles. The lowest BCUT2D eigenvalue weighted by Gasteiger charge is -2.74. The molecule has 0 unspecified atom stereocenters. The number of fused-ring (bicyclic) bond motifs is 7. The fraction of sp³-hybridized carbons (Fsp3) is 0.976. The molecule has 5 aliphatic carbocycles. The number of carboxylic acids is 1. The van der Waals surface area contributed by atoms with Gasteiger partial charge in [-0.3, -0.25) is 4.79 Å². The van der Waals surface area contributed by atoms with E-state index < -0.39 is 78.9 Å². The Balaban J connectivity index is 1.12. The SMILES string of the molecule is C[C@H]1[C@H]2[C@@H]3CC[C@@H]4[C@@]5(C)CC[C@H](O[C@@H]6OC[C@H](O)[C@H](O)[C@H]6O[C@@H]6O[C@H](CO)[C@@H](O)[C@H](O)[C@H]6O)C(C)(C)[C@@H]5CC[C@@]4(C)[C@]3(C)CC[C@@]2(C(=O)O)CC[C@@]1(C)O. The van der Waals surface area contributed by atoms with Crippen molar-refractivity contribution >= 4 is 5.97 Å². The summed E-state index contributed by atoms with van der Waals surface area (Å²) < 4.78 is 24.3. The molecule has 0 aromatic carbocycles. The third-order valence-corrected chi connectivity index (χ3v) is 17.9. The quantitative estimate of drug-likeness (QED) is 0.183. The minimum absolute atomic E-state index is 0.0182. The van der Waals surface area contributed by atoms with Gasteiger partial charge in [0.2, 0.25) is 0 Å². The van der Waals surface area contributed by atoms with E-state index in [0.717, 1.165) is 38.5 Å². The standard InChI is InChI=1S/C41H68O13/c1-20-27-21-8-9-25-37(4)12-11-26(53-34-32(28(44)22(43)19-51-34)54-33-31(47)30(46)29(45)23(18-42)52-33)36(2,3)24(37)10-13-39(25,6)38(21,5)14-16-41(27,35(48)49)17-15-40(20,7)50/h20-34,42-47,50H,8-19H2,1-7H3,(H,48,49)/t20-,21-,22-,23+,24-,25+,26-,27-,28-,29+,30-,31+,32+,33-,34-,37-,38+,39+,40+,41+/m0/s1. The van der Waals surface area contributed by atoms with Crippen LogP contribution in [0.15, 0.2) is 0 Å². The maximum atomic E-state index is 13.1. The lowest BCUT2D eigenvalue weighted by atomic mass is 9.31. The molecule has 2 saturated heterocycles. The van der Waals surface area contributed by atoms with Gasteiger partial charge in [0.15, 0.2) is 12.6 Å². The number of carbonyl (C=O) groups is 1. The Morgan fingerprint density at radius 1 is 0.741 bits per heavy atom. The minimum Gasteiger partial charge on any atom is -0.481 e. The van der Waals surface area contributed by atoms with E-state index in [0.29, 0.717) is 31.6 Å². The lowest BCUT2D eigenvalue weighted by Crippen LogP contribution is -2.69. The molecule has 7 fully saturated rings. The molecule has 13 nitrogen and oxygen atoms in total. The second kappa shape index (κ2) is 13.8. The average molecular weight is 769 g/mol. The summed E-state index contributed by atoms with van der Waals surface area (Å²) in [7, 11) is 0. The van der Waals surface area contributed by atoms with Crippen LogP contribution in [0, 0.1) is 56.7 Å². The first-order chi connectivity index (χ1) is 25.1. The Kier molecular flexibility index (Phi) is 10.5. The van der Waals surface area contributed by atoms with Gasteiger partial charge in [0, 0.05) is 0 Å². The van der Waals surface area contributed by atoms with Gasteiger partial charge >= 0.3 is 5.97 Å². The second-order valence-corrected chi connectivity index (χ2v) is 20.3. The smallest absolute Gasteiger partial charge is 0.309 e. The van der Waals surface area contributed by atoms with Crippen LogP contribution in [0.1, 0.15) is 113 Å². The van der Waals surface area contributed by atoms with Gasteiger partial charge in [0.25, 0.3) is 0 Å². The van der Waals surface area contributed by atoms with E-state index in [1.165, 1.54) is 0 Å². The molecule has 54 heavy (non-hydrogen) atoms. The van der Waals surface area contributed by atoms with Crippen molar-refractivity contribution < 1.29 is 64.6 Å². The molecule has 0 aromatic heterocycles. The molecular weight excluding hydrogens is 700 g/mol. The molecular formula is C41H68O13. The summed E-state index contributed by atoms with van der Waals surface area (Å²) in [4.78, 5) is 13.1. The zero-order valence-corrected chi connectivity index (χ0v) is 33.3. The summed E-state index contributed by atoms with van der Waals surface area (Å²) in [5, 5.41) is 85.0. The summed E-state index contributed by atoms with van der Waals surface area (Å²) in [5.41, 5.74) is -2.13. The van der Waals surface area contributed by atoms with Gasteiger partial charge in [0.05, 0.1) is 30.3 Å². The van der Waals surface area contributed by atoms with Gasteiger partial charge in [-0.25, -0.2) is 0 Å². The highest BCUT2D eigenvalue weighted by atomic mass is 16.8. The Bertz CT molecular complexity index is 1410. The summed E-state index contributed by atoms with van der Waals surface area (Å²) >= 11 is 0. The molecule has 310 valence electrons. The van der Waals surface area contributed by atoms with Crippen LogP contribution in [0.3, 0.4) is 0 Å². The van der Waals surface area contributed by atoms with E-state index in [4.69, 9.17) is 18.9 Å². The first-order valence-corrected chi connectivity index (χ1v) is 20.7. The monoisotopic (exact) mass is 768 g/mol. The fourth-order valence-corrected chi connectivity index (χ4v) is 14.4. The molecule has 7 rings (SSSR count). The summed E-state index contributed by atoms with van der Waals surface area (Å²) in [6.45, 7) is 15.0. The van der Waals surface area contributed by atoms with Gasteiger partial charge in [-0.1, -0.05) is 41.5 Å². The zero-order chi connectivity index (χ0) is 39.6. The lowest BCUT2D eigenvalue weighted by molar-refractivity contribution is -0.367. The van der Waals surface area contributed by atoms with Crippen molar-refractivity contribution in [3.05, 3.63) is 0 Å². The predicted molar refractivity (Wildman–Crippen MR) is 193 cm³/mol. The Morgan fingerprint density at radius 2 is 1.43 bits per heavy atom. The molecule has 0 spiro atoms. The van der Waals surface area contributed by atoms with Crippen molar-refractivity contribution in [1.29, 1.82) is 0 Å². The van der Waals surface area contributed by atoms with E-state index in [1.807, 2.05) is 6.92 Å². The normalized spacial score (nSPS) is 57.2. The van der Waals surface area contributed by atoms with E-state index in [1.54, 1.807) is 0 Å². The molecule has 0 radical (unpaired) electrons. The molecule has 0 amide bonds. The zero-order valence-electron chi connectivity index (χ0n) is 33.3. The van der Waals surface area contributed by atoms with E-state index in [9.17, 15) is 45.6 Å². The van der Waals surface area contributed by atoms with Crippen LogP contribution in [0.5, 0.6) is 0 Å². The maximum Gasteiger partial charge on any atom is 0.309 e. The topological polar surface area (TPSA) is 216 Å². The Morgan fingerprint density at radius 3 is 2.09 bits per heavy atom. The van der Waals surface area contributed by atoms with Crippen molar-refractivity contribution in [2.45, 2.75) is 180 Å². The van der Waals surface area contributed by atoms with E-state index >= 15 is 0 Å². The van der Waals surface area contributed by atoms with Crippen LogP contribution in [0.4, 0.5) is 0 Å². The van der Waals surface area contributed by atoms with Crippen LogP contribution in [0.2, 0.25) is 0 Å². The number of aliphatic hydroxyl groups is 7. The van der Waals surface area contributed by atoms with Crippen molar-refractivity contribution in [2.24, 2.45) is 56.7 Å². The summed E-state index contributed by atoms with van der Waals surface area (Å²) in [6.07, 6.45) is -5.11. The molecule has 13 heteroatoms. The first-order valence-electron chi connectivity index (χ1n) is 20.7. The predicted octanol–water partition coefficient (Wildman–Crippen LogP) is 2.57. The summed E-state index contributed by atoms with van der Waals surface area (Å²) in [6, 6.07) is 0. The van der Waals surface area contributed by atoms with Gasteiger partial charge < -0.3 is 59.8 Å². The maximum absolute atomic E-state index is 13.1. The van der Waals surface area contributed by atoms with Crippen molar-refractivity contribution in [3.8, 4) is 0 Å². The van der Waals surface area contributed by atoms with Crippen LogP contribution in [-0.4, -0.2) is 127 Å². The molecule has 2 aliphatic heterocycles. The average Bonchev–Trinajstić information content (AvgIpc) is 3.10. The number of aliphatic hydroxyl groups excluding tert-OH is 6. The molecule has 0 aromatic rings. The van der Waals surface area contributed by atoms with Crippen LogP contribution < -0.4 is 0 Å². The molecule has 20 atom stereocenters. The highest BCUT2D eigenvalue weighted by molar-refractivity contribution is 5.76. The van der Waals surface area contributed by atoms with Crippen LogP contribution >= 0.6 is 0 Å². The van der Waals surface area contributed by atoms with Gasteiger partial charge in [0.1, 0.15) is 42.7 Å². The Hall–Kier alpha value is -0.970. The third kappa shape index (κ3) is 5.83. The van der Waals surface area contributed by atoms with E-state index in [-0.39, 0.29) is 58.0 Å². The molecule has 2 heterocycles. The molecule has 7 aliphatic rings. The van der Waals surface area contributed by atoms with Crippen molar-refractivity contribution in [2.75, 3.05) is 13.2 Å². The van der Waals surface area contributed by atoms with Gasteiger partial charge in [-0.05, 0) is 122 Å². The number of hydrogen-bond acceptors (Lipinski definition) is 12. The number of carboxylic acid groups (broad SMARTS) is 1. The van der Waals surface area contributed by atoms with Crippen LogP contribution in [0.25, 0.3) is 0 Å². The van der Waals surface area contributed by atoms with Gasteiger partial charge in [-0.15, -0.1) is 0 Å². The number of aliphatic carboxylic acids is 1. The second-order valence-electron chi connectivity index (χ2n) is 20.3. The fourth-order valence-electron chi connectivity index (χ4n) is 14.4.